The Balaban J connectivity index is 2.15. The molecule has 1 saturated heterocycles. The highest BCUT2D eigenvalue weighted by atomic mass is 16.5. The zero-order valence-electron chi connectivity index (χ0n) is 12.3. The van der Waals surface area contributed by atoms with E-state index in [0.29, 0.717) is 17.5 Å². The van der Waals surface area contributed by atoms with Gasteiger partial charge in [0.25, 0.3) is 0 Å². The van der Waals surface area contributed by atoms with Crippen LogP contribution >= 0.6 is 0 Å². The van der Waals surface area contributed by atoms with Crippen LogP contribution in [0, 0.1) is 0 Å². The third-order valence-electron chi connectivity index (χ3n) is 3.93. The van der Waals surface area contributed by atoms with Gasteiger partial charge in [-0.05, 0) is 25.8 Å². The van der Waals surface area contributed by atoms with E-state index in [0.717, 1.165) is 31.6 Å². The van der Waals surface area contributed by atoms with Gasteiger partial charge >= 0.3 is 0 Å². The molecular formula is C15H24N2O3. The average Bonchev–Trinajstić information content (AvgIpc) is 2.49. The van der Waals surface area contributed by atoms with Crippen LogP contribution in [0.25, 0.3) is 0 Å². The molecule has 1 aromatic heterocycles. The third kappa shape index (κ3) is 3.41. The molecule has 1 fully saturated rings. The molecule has 2 rings (SSSR count). The highest BCUT2D eigenvalue weighted by Crippen LogP contribution is 2.31. The number of methoxy groups -OCH3 is 2. The largest absolute Gasteiger partial charge is 0.493 e. The minimum absolute atomic E-state index is 0.240. The highest BCUT2D eigenvalue weighted by Gasteiger charge is 2.24. The molecule has 0 saturated carbocycles. The van der Waals surface area contributed by atoms with Crippen LogP contribution < -0.4 is 9.47 Å². The number of ether oxygens (including phenoxy) is 2. The van der Waals surface area contributed by atoms with E-state index in [9.17, 15) is 5.11 Å². The Morgan fingerprint density at radius 2 is 2.20 bits per heavy atom. The Morgan fingerprint density at radius 1 is 1.35 bits per heavy atom. The number of piperidine rings is 1. The Labute approximate surface area is 120 Å². The van der Waals surface area contributed by atoms with Gasteiger partial charge in [-0.1, -0.05) is 6.42 Å². The van der Waals surface area contributed by atoms with Gasteiger partial charge in [0.15, 0.2) is 11.5 Å². The van der Waals surface area contributed by atoms with Gasteiger partial charge in [0.1, 0.15) is 5.69 Å². The molecule has 0 aliphatic carbocycles. The van der Waals surface area contributed by atoms with Crippen molar-refractivity contribution < 1.29 is 14.6 Å². The van der Waals surface area contributed by atoms with E-state index in [1.165, 1.54) is 12.8 Å². The molecule has 5 nitrogen and oxygen atoms in total. The normalized spacial score (nSPS) is 19.9. The van der Waals surface area contributed by atoms with Gasteiger partial charge in [-0.25, -0.2) is 0 Å². The lowest BCUT2D eigenvalue weighted by Gasteiger charge is -2.35. The number of hydrogen-bond donors (Lipinski definition) is 1. The summed E-state index contributed by atoms with van der Waals surface area (Å²) in [5.74, 6) is 1.43. The number of hydrogen-bond acceptors (Lipinski definition) is 5. The fraction of sp³-hybridized carbons (Fsp3) is 0.667. The Morgan fingerprint density at radius 3 is 2.90 bits per heavy atom. The Kier molecular flexibility index (Phi) is 5.61. The number of likely N-dealkylation sites (tertiary alicyclic amines) is 1. The van der Waals surface area contributed by atoms with E-state index in [1.807, 2.05) is 6.07 Å². The molecule has 1 unspecified atom stereocenters. The van der Waals surface area contributed by atoms with Crippen molar-refractivity contribution in [3.63, 3.8) is 0 Å². The molecule has 2 heterocycles. The predicted molar refractivity (Wildman–Crippen MR) is 77.1 cm³/mol. The Bertz CT molecular complexity index is 424. The lowest BCUT2D eigenvalue weighted by molar-refractivity contribution is 0.110. The lowest BCUT2D eigenvalue weighted by atomic mass is 9.99. The minimum Gasteiger partial charge on any atom is -0.493 e. The summed E-state index contributed by atoms with van der Waals surface area (Å²) < 4.78 is 10.8. The second kappa shape index (κ2) is 7.45. The zero-order valence-corrected chi connectivity index (χ0v) is 12.3. The monoisotopic (exact) mass is 280 g/mol. The average molecular weight is 280 g/mol. The number of aliphatic hydroxyl groups excluding tert-OH is 1. The molecule has 0 aromatic carbocycles. The third-order valence-corrected chi connectivity index (χ3v) is 3.93. The molecule has 1 aliphatic rings. The quantitative estimate of drug-likeness (QED) is 0.861. The SMILES string of the molecule is COc1ccnc(CN2CCCCC2CCO)c1OC. The predicted octanol–water partition coefficient (Wildman–Crippen LogP) is 1.84. The summed E-state index contributed by atoms with van der Waals surface area (Å²) in [6.45, 7) is 2.03. The van der Waals surface area contributed by atoms with Gasteiger partial charge in [-0.2, -0.15) is 0 Å². The smallest absolute Gasteiger partial charge is 0.183 e. The molecule has 112 valence electrons. The van der Waals surface area contributed by atoms with E-state index in [-0.39, 0.29) is 6.61 Å². The first-order valence-electron chi connectivity index (χ1n) is 7.21. The van der Waals surface area contributed by atoms with Crippen molar-refractivity contribution in [2.24, 2.45) is 0 Å². The van der Waals surface area contributed by atoms with Crippen molar-refractivity contribution in [1.82, 2.24) is 9.88 Å². The molecule has 20 heavy (non-hydrogen) atoms. The maximum Gasteiger partial charge on any atom is 0.183 e. The van der Waals surface area contributed by atoms with E-state index >= 15 is 0 Å². The molecule has 0 bridgehead atoms. The number of rotatable bonds is 6. The van der Waals surface area contributed by atoms with Crippen LogP contribution in [0.5, 0.6) is 11.5 Å². The summed E-state index contributed by atoms with van der Waals surface area (Å²) in [5, 5.41) is 9.20. The fourth-order valence-electron chi connectivity index (χ4n) is 2.90. The van der Waals surface area contributed by atoms with E-state index < -0.39 is 0 Å². The van der Waals surface area contributed by atoms with Crippen LogP contribution in [-0.2, 0) is 6.54 Å². The molecule has 1 N–H and O–H groups in total. The molecule has 1 aromatic rings. The van der Waals surface area contributed by atoms with Crippen LogP contribution in [-0.4, -0.2) is 48.4 Å². The number of nitrogens with zero attached hydrogens (tertiary/aromatic N) is 2. The molecular weight excluding hydrogens is 256 g/mol. The van der Waals surface area contributed by atoms with Crippen molar-refractivity contribution in [3.8, 4) is 11.5 Å². The lowest BCUT2D eigenvalue weighted by Crippen LogP contribution is -2.39. The van der Waals surface area contributed by atoms with Crippen LogP contribution in [0.1, 0.15) is 31.4 Å². The number of aromatic nitrogens is 1. The van der Waals surface area contributed by atoms with E-state index in [4.69, 9.17) is 9.47 Å². The van der Waals surface area contributed by atoms with Crippen molar-refractivity contribution in [1.29, 1.82) is 0 Å². The Hall–Kier alpha value is -1.33. The molecule has 0 spiro atoms. The van der Waals surface area contributed by atoms with Crippen LogP contribution in [0.2, 0.25) is 0 Å². The first-order valence-corrected chi connectivity index (χ1v) is 7.21. The van der Waals surface area contributed by atoms with Crippen LogP contribution in [0.4, 0.5) is 0 Å². The van der Waals surface area contributed by atoms with Gasteiger partial charge in [0.2, 0.25) is 0 Å². The van der Waals surface area contributed by atoms with Gasteiger partial charge < -0.3 is 14.6 Å². The first kappa shape index (κ1) is 15.1. The van der Waals surface area contributed by atoms with E-state index in [2.05, 4.69) is 9.88 Å². The summed E-state index contributed by atoms with van der Waals surface area (Å²) in [5.41, 5.74) is 0.900. The van der Waals surface area contributed by atoms with E-state index in [1.54, 1.807) is 20.4 Å². The molecule has 1 atom stereocenters. The summed E-state index contributed by atoms with van der Waals surface area (Å²) in [6.07, 6.45) is 6.17. The standard InChI is InChI=1S/C15H24N2O3/c1-19-14-6-8-16-13(15(14)20-2)11-17-9-4-3-5-12(17)7-10-18/h6,8,12,18H,3-5,7,9-11H2,1-2H3. The number of aliphatic hydroxyl groups is 1. The zero-order chi connectivity index (χ0) is 14.4. The summed E-state index contributed by atoms with van der Waals surface area (Å²) >= 11 is 0. The minimum atomic E-state index is 0.240. The van der Waals surface area contributed by atoms with Crippen molar-refractivity contribution in [2.45, 2.75) is 38.3 Å². The molecule has 0 amide bonds. The summed E-state index contributed by atoms with van der Waals surface area (Å²) in [6, 6.07) is 2.25. The van der Waals surface area contributed by atoms with Crippen molar-refractivity contribution in [2.75, 3.05) is 27.4 Å². The topological polar surface area (TPSA) is 54.8 Å². The van der Waals surface area contributed by atoms with Gasteiger partial charge in [0, 0.05) is 31.5 Å². The molecule has 5 heteroatoms. The maximum atomic E-state index is 9.20. The summed E-state index contributed by atoms with van der Waals surface area (Å²) in [7, 11) is 3.28. The molecule has 1 aliphatic heterocycles. The number of pyridine rings is 1. The summed E-state index contributed by atoms with van der Waals surface area (Å²) in [4.78, 5) is 6.83. The highest BCUT2D eigenvalue weighted by molar-refractivity contribution is 5.42. The fourth-order valence-corrected chi connectivity index (χ4v) is 2.90. The van der Waals surface area contributed by atoms with Gasteiger partial charge in [-0.15, -0.1) is 0 Å². The maximum absolute atomic E-state index is 9.20. The molecule has 0 radical (unpaired) electrons. The van der Waals surface area contributed by atoms with Gasteiger partial charge in [0.05, 0.1) is 14.2 Å². The van der Waals surface area contributed by atoms with Crippen molar-refractivity contribution >= 4 is 0 Å². The van der Waals surface area contributed by atoms with Crippen molar-refractivity contribution in [3.05, 3.63) is 18.0 Å². The second-order valence-corrected chi connectivity index (χ2v) is 5.13. The van der Waals surface area contributed by atoms with Crippen LogP contribution in [0.3, 0.4) is 0 Å². The van der Waals surface area contributed by atoms with Gasteiger partial charge in [-0.3, -0.25) is 9.88 Å². The first-order chi connectivity index (χ1) is 9.80. The van der Waals surface area contributed by atoms with Crippen LogP contribution in [0.15, 0.2) is 12.3 Å². The second-order valence-electron chi connectivity index (χ2n) is 5.13.